The first-order valence-corrected chi connectivity index (χ1v) is 9.51. The molecule has 2 aliphatic rings. The van der Waals surface area contributed by atoms with Crippen LogP contribution >= 0.6 is 0 Å². The van der Waals surface area contributed by atoms with E-state index in [9.17, 15) is 17.2 Å². The zero-order valence-corrected chi connectivity index (χ0v) is 13.9. The molecular weight excluding hydrogens is 338 g/mol. The van der Waals surface area contributed by atoms with Gasteiger partial charge in [0, 0.05) is 55.4 Å². The van der Waals surface area contributed by atoms with Crippen molar-refractivity contribution in [3.05, 3.63) is 18.5 Å². The van der Waals surface area contributed by atoms with Crippen LogP contribution in [0, 0.1) is 5.41 Å². The second kappa shape index (κ2) is 4.81. The predicted octanol–water partition coefficient (Wildman–Crippen LogP) is 2.05. The van der Waals surface area contributed by atoms with Gasteiger partial charge in [-0.2, -0.15) is 0 Å². The lowest BCUT2D eigenvalue weighted by Gasteiger charge is -2.44. The summed E-state index contributed by atoms with van der Waals surface area (Å²) >= 11 is 0. The zero-order valence-electron chi connectivity index (χ0n) is 13.0. The van der Waals surface area contributed by atoms with Gasteiger partial charge in [0.1, 0.15) is 5.52 Å². The summed E-state index contributed by atoms with van der Waals surface area (Å²) in [5, 5.41) is 0.417. The van der Waals surface area contributed by atoms with Gasteiger partial charge in [0.05, 0.1) is 0 Å². The molecule has 2 fully saturated rings. The van der Waals surface area contributed by atoms with E-state index in [2.05, 4.69) is 15.0 Å². The number of hydrogen-bond acceptors (Lipinski definition) is 6. The van der Waals surface area contributed by atoms with Gasteiger partial charge in [-0.25, -0.2) is 32.2 Å². The smallest absolute Gasteiger partial charge is 0.249 e. The van der Waals surface area contributed by atoms with Gasteiger partial charge in [-0.05, 0) is 12.5 Å². The van der Waals surface area contributed by atoms with E-state index >= 15 is 0 Å². The predicted molar refractivity (Wildman–Crippen MR) is 83.9 cm³/mol. The Hall–Kier alpha value is -1.90. The first-order valence-electron chi connectivity index (χ1n) is 7.62. The summed E-state index contributed by atoms with van der Waals surface area (Å²) in [4.78, 5) is 14.3. The molecule has 6 nitrogen and oxygen atoms in total. The number of nitrogens with zero attached hydrogens (tertiary/aromatic N) is 4. The van der Waals surface area contributed by atoms with Crippen LogP contribution in [0.1, 0.15) is 19.3 Å². The third-order valence-electron chi connectivity index (χ3n) is 4.79. The van der Waals surface area contributed by atoms with Crippen molar-refractivity contribution in [2.45, 2.75) is 30.3 Å². The van der Waals surface area contributed by atoms with Gasteiger partial charge in [0.25, 0.3) is 0 Å². The fourth-order valence-electron chi connectivity index (χ4n) is 3.79. The summed E-state index contributed by atoms with van der Waals surface area (Å²) < 4.78 is 50.0. The maximum atomic E-state index is 13.3. The van der Waals surface area contributed by atoms with Crippen LogP contribution in [0.3, 0.4) is 0 Å². The third-order valence-corrected chi connectivity index (χ3v) is 5.65. The van der Waals surface area contributed by atoms with Crippen LogP contribution in [0.15, 0.2) is 23.6 Å². The molecule has 128 valence electrons. The summed E-state index contributed by atoms with van der Waals surface area (Å²) in [6.45, 7) is 1.10. The number of pyridine rings is 1. The molecule has 0 radical (unpaired) electrons. The number of aromatic nitrogens is 3. The van der Waals surface area contributed by atoms with E-state index in [1.165, 1.54) is 6.20 Å². The molecule has 2 aromatic rings. The molecular formula is C15H16F2N4O2S. The molecule has 24 heavy (non-hydrogen) atoms. The minimum absolute atomic E-state index is 0.0924. The monoisotopic (exact) mass is 354 g/mol. The highest BCUT2D eigenvalue weighted by Gasteiger charge is 2.58. The fourth-order valence-corrected chi connectivity index (χ4v) is 4.29. The number of alkyl halides is 2. The molecule has 2 aromatic heterocycles. The van der Waals surface area contributed by atoms with Gasteiger partial charge in [0.2, 0.25) is 20.9 Å². The SMILES string of the molecule is CS(=O)(=O)c1ncc2ccnc(N3CCC4(C3)CC(F)(F)C4)c2n1. The van der Waals surface area contributed by atoms with Crippen molar-refractivity contribution in [2.75, 3.05) is 24.2 Å². The third kappa shape index (κ3) is 2.51. The van der Waals surface area contributed by atoms with Crippen LogP contribution in [0.25, 0.3) is 10.9 Å². The Morgan fingerprint density at radius 3 is 2.67 bits per heavy atom. The Balaban J connectivity index is 1.72. The van der Waals surface area contributed by atoms with Gasteiger partial charge in [0.15, 0.2) is 5.82 Å². The highest BCUT2D eigenvalue weighted by atomic mass is 32.2. The summed E-state index contributed by atoms with van der Waals surface area (Å²) in [7, 11) is -3.53. The molecule has 4 rings (SSSR count). The summed E-state index contributed by atoms with van der Waals surface area (Å²) in [5.74, 6) is -2.03. The molecule has 9 heteroatoms. The fraction of sp³-hybridized carbons (Fsp3) is 0.533. The molecule has 1 saturated carbocycles. The van der Waals surface area contributed by atoms with Crippen molar-refractivity contribution in [3.63, 3.8) is 0 Å². The molecule has 0 N–H and O–H groups in total. The maximum Gasteiger partial charge on any atom is 0.249 e. The lowest BCUT2D eigenvalue weighted by atomic mass is 9.65. The lowest BCUT2D eigenvalue weighted by molar-refractivity contribution is -0.152. The Bertz CT molecular complexity index is 924. The van der Waals surface area contributed by atoms with Crippen LogP contribution in [0.4, 0.5) is 14.6 Å². The molecule has 1 saturated heterocycles. The van der Waals surface area contributed by atoms with E-state index in [1.54, 1.807) is 12.3 Å². The van der Waals surface area contributed by atoms with Gasteiger partial charge in [-0.15, -0.1) is 0 Å². The molecule has 0 atom stereocenters. The Kier molecular flexibility index (Phi) is 3.13. The number of sulfone groups is 1. The average Bonchev–Trinajstić information content (AvgIpc) is 2.88. The zero-order chi connectivity index (χ0) is 17.2. The maximum absolute atomic E-state index is 13.3. The molecule has 0 unspecified atom stereocenters. The normalized spacial score (nSPS) is 22.0. The summed E-state index contributed by atoms with van der Waals surface area (Å²) in [6.07, 6.45) is 4.60. The van der Waals surface area contributed by atoms with Crippen LogP contribution in [0.5, 0.6) is 0 Å². The standard InChI is InChI=1S/C15H16F2N4O2S/c1-24(22,23)13-19-6-10-2-4-18-12(11(10)20-13)21-5-3-14(9-21)7-15(16,17)8-14/h2,4,6H,3,5,7-9H2,1H3. The number of rotatable bonds is 2. The molecule has 1 aliphatic carbocycles. The summed E-state index contributed by atoms with van der Waals surface area (Å²) in [6, 6.07) is 1.70. The Morgan fingerprint density at radius 2 is 2.00 bits per heavy atom. The van der Waals surface area contributed by atoms with Crippen LogP contribution in [-0.2, 0) is 9.84 Å². The summed E-state index contributed by atoms with van der Waals surface area (Å²) in [5.41, 5.74) is 0.0797. The van der Waals surface area contributed by atoms with Crippen molar-refractivity contribution in [1.82, 2.24) is 15.0 Å². The first-order chi connectivity index (χ1) is 11.2. The van der Waals surface area contributed by atoms with Crippen molar-refractivity contribution >= 4 is 26.6 Å². The van der Waals surface area contributed by atoms with Gasteiger partial charge >= 0.3 is 0 Å². The lowest BCUT2D eigenvalue weighted by Crippen LogP contribution is -2.47. The van der Waals surface area contributed by atoms with Crippen molar-refractivity contribution in [3.8, 4) is 0 Å². The number of anilines is 1. The first kappa shape index (κ1) is 15.6. The minimum Gasteiger partial charge on any atom is -0.354 e. The van der Waals surface area contributed by atoms with Crippen molar-refractivity contribution in [2.24, 2.45) is 5.41 Å². The topological polar surface area (TPSA) is 76.1 Å². The average molecular weight is 354 g/mol. The van der Waals surface area contributed by atoms with E-state index in [0.717, 1.165) is 6.26 Å². The van der Waals surface area contributed by atoms with E-state index in [0.29, 0.717) is 36.2 Å². The van der Waals surface area contributed by atoms with Crippen molar-refractivity contribution in [1.29, 1.82) is 0 Å². The molecule has 3 heterocycles. The molecule has 1 spiro atoms. The van der Waals surface area contributed by atoms with E-state index in [-0.39, 0.29) is 23.4 Å². The van der Waals surface area contributed by atoms with E-state index in [1.807, 2.05) is 4.90 Å². The highest BCUT2D eigenvalue weighted by Crippen LogP contribution is 2.57. The van der Waals surface area contributed by atoms with Crippen LogP contribution in [-0.4, -0.2) is 48.6 Å². The minimum atomic E-state index is -3.53. The van der Waals surface area contributed by atoms with E-state index < -0.39 is 15.8 Å². The number of fused-ring (bicyclic) bond motifs is 1. The molecule has 0 amide bonds. The second-order valence-electron chi connectivity index (χ2n) is 6.88. The number of hydrogen-bond donors (Lipinski definition) is 0. The Labute approximate surface area is 137 Å². The Morgan fingerprint density at radius 1 is 1.25 bits per heavy atom. The van der Waals surface area contributed by atoms with E-state index in [4.69, 9.17) is 0 Å². The van der Waals surface area contributed by atoms with Crippen LogP contribution in [0.2, 0.25) is 0 Å². The molecule has 0 bridgehead atoms. The molecule has 0 aromatic carbocycles. The second-order valence-corrected chi connectivity index (χ2v) is 8.79. The largest absolute Gasteiger partial charge is 0.354 e. The van der Waals surface area contributed by atoms with Crippen LogP contribution < -0.4 is 4.90 Å². The van der Waals surface area contributed by atoms with Gasteiger partial charge in [-0.3, -0.25) is 0 Å². The van der Waals surface area contributed by atoms with Gasteiger partial charge in [-0.1, -0.05) is 0 Å². The quantitative estimate of drug-likeness (QED) is 0.769. The van der Waals surface area contributed by atoms with Crippen molar-refractivity contribution < 1.29 is 17.2 Å². The number of halogens is 2. The van der Waals surface area contributed by atoms with Gasteiger partial charge < -0.3 is 4.90 Å². The molecule has 1 aliphatic heterocycles. The highest BCUT2D eigenvalue weighted by molar-refractivity contribution is 7.90.